The minimum Gasteiger partial charge on any atom is -0.353 e. The van der Waals surface area contributed by atoms with Crippen LogP contribution in [0.2, 0.25) is 0 Å². The van der Waals surface area contributed by atoms with Crippen LogP contribution in [0.4, 0.5) is 0 Å². The van der Waals surface area contributed by atoms with Crippen LogP contribution in [0.1, 0.15) is 19.4 Å². The number of nitrogens with one attached hydrogen (secondary N) is 2. The number of benzene rings is 1. The Labute approximate surface area is 113 Å². The van der Waals surface area contributed by atoms with E-state index >= 15 is 0 Å². The monoisotopic (exact) mass is 257 g/mol. The highest BCUT2D eigenvalue weighted by atomic mass is 16.1. The fourth-order valence-corrected chi connectivity index (χ4v) is 1.94. The molecular weight excluding hydrogens is 238 g/mol. The van der Waals surface area contributed by atoms with Gasteiger partial charge in [0.1, 0.15) is 0 Å². The lowest BCUT2D eigenvalue weighted by atomic mass is 10.1. The van der Waals surface area contributed by atoms with Crippen molar-refractivity contribution in [1.82, 2.24) is 15.6 Å². The number of amides is 1. The zero-order valence-electron chi connectivity index (χ0n) is 11.3. The maximum absolute atomic E-state index is 11.5. The van der Waals surface area contributed by atoms with Crippen LogP contribution in [-0.2, 0) is 11.3 Å². The molecule has 0 atom stereocenters. The van der Waals surface area contributed by atoms with Crippen molar-refractivity contribution in [3.05, 3.63) is 42.2 Å². The fourth-order valence-electron chi connectivity index (χ4n) is 1.94. The minimum absolute atomic E-state index is 0.0278. The molecule has 100 valence electrons. The van der Waals surface area contributed by atoms with Crippen molar-refractivity contribution < 1.29 is 4.79 Å². The molecule has 1 aromatic heterocycles. The second-order valence-electron chi connectivity index (χ2n) is 4.88. The lowest BCUT2D eigenvalue weighted by Crippen LogP contribution is -2.37. The predicted octanol–water partition coefficient (Wildman–Crippen LogP) is 1.85. The van der Waals surface area contributed by atoms with Crippen molar-refractivity contribution in [1.29, 1.82) is 0 Å². The van der Waals surface area contributed by atoms with Crippen LogP contribution in [-0.4, -0.2) is 23.5 Å². The molecule has 0 bridgehead atoms. The van der Waals surface area contributed by atoms with Gasteiger partial charge >= 0.3 is 0 Å². The van der Waals surface area contributed by atoms with Crippen LogP contribution in [0.15, 0.2) is 36.7 Å². The Bertz CT molecular complexity index is 566. The van der Waals surface area contributed by atoms with Crippen LogP contribution in [0.5, 0.6) is 0 Å². The van der Waals surface area contributed by atoms with E-state index in [1.54, 1.807) is 6.20 Å². The van der Waals surface area contributed by atoms with Crippen molar-refractivity contribution in [2.75, 3.05) is 6.54 Å². The van der Waals surface area contributed by atoms with E-state index < -0.39 is 0 Å². The third-order valence-corrected chi connectivity index (χ3v) is 2.77. The molecule has 0 fully saturated rings. The van der Waals surface area contributed by atoms with Crippen LogP contribution in [0.25, 0.3) is 10.8 Å². The first-order valence-electron chi connectivity index (χ1n) is 6.48. The topological polar surface area (TPSA) is 54.0 Å². The summed E-state index contributed by atoms with van der Waals surface area (Å²) in [5.41, 5.74) is 1.16. The Balaban J connectivity index is 1.89. The molecule has 1 amide bonds. The lowest BCUT2D eigenvalue weighted by molar-refractivity contribution is -0.120. The number of hydrogen-bond donors (Lipinski definition) is 2. The number of carbonyl (C=O) groups is 1. The van der Waals surface area contributed by atoms with Gasteiger partial charge in [0.05, 0.1) is 6.54 Å². The van der Waals surface area contributed by atoms with Gasteiger partial charge in [-0.25, -0.2) is 0 Å². The molecule has 2 aromatic rings. The molecule has 4 heteroatoms. The van der Waals surface area contributed by atoms with E-state index in [4.69, 9.17) is 0 Å². The Morgan fingerprint density at radius 1 is 1.26 bits per heavy atom. The van der Waals surface area contributed by atoms with Crippen LogP contribution < -0.4 is 10.6 Å². The molecule has 0 aliphatic carbocycles. The molecule has 0 spiro atoms. The van der Waals surface area contributed by atoms with Crippen molar-refractivity contribution in [2.45, 2.75) is 26.4 Å². The SMILES string of the molecule is CC(C)NC(=O)CNCc1ccc2cnccc2c1. The van der Waals surface area contributed by atoms with E-state index in [2.05, 4.69) is 27.8 Å². The molecule has 2 rings (SSSR count). The largest absolute Gasteiger partial charge is 0.353 e. The quantitative estimate of drug-likeness (QED) is 0.859. The van der Waals surface area contributed by atoms with E-state index in [9.17, 15) is 4.79 Å². The maximum Gasteiger partial charge on any atom is 0.234 e. The Morgan fingerprint density at radius 2 is 2.11 bits per heavy atom. The Kier molecular flexibility index (Phi) is 4.47. The molecule has 2 N–H and O–H groups in total. The lowest BCUT2D eigenvalue weighted by Gasteiger charge is -2.09. The third-order valence-electron chi connectivity index (χ3n) is 2.77. The third kappa shape index (κ3) is 4.03. The van der Waals surface area contributed by atoms with Crippen molar-refractivity contribution in [3.63, 3.8) is 0 Å². The summed E-state index contributed by atoms with van der Waals surface area (Å²) in [5.74, 6) is 0.0278. The number of aromatic nitrogens is 1. The minimum atomic E-state index is 0.0278. The van der Waals surface area contributed by atoms with Gasteiger partial charge in [-0.15, -0.1) is 0 Å². The van der Waals surface area contributed by atoms with Crippen LogP contribution in [0, 0.1) is 0 Å². The molecule has 1 aromatic carbocycles. The molecule has 0 saturated heterocycles. The first-order chi connectivity index (χ1) is 9.15. The zero-order valence-corrected chi connectivity index (χ0v) is 11.3. The molecule has 0 aliphatic heterocycles. The number of nitrogens with zero attached hydrogens (tertiary/aromatic N) is 1. The van der Waals surface area contributed by atoms with Gasteiger partial charge in [-0.2, -0.15) is 0 Å². The average molecular weight is 257 g/mol. The van der Waals surface area contributed by atoms with Gasteiger partial charge in [-0.05, 0) is 36.9 Å². The van der Waals surface area contributed by atoms with Gasteiger partial charge < -0.3 is 10.6 Å². The van der Waals surface area contributed by atoms with E-state index in [-0.39, 0.29) is 11.9 Å². The molecular formula is C15H19N3O. The molecule has 1 heterocycles. The molecule has 19 heavy (non-hydrogen) atoms. The van der Waals surface area contributed by atoms with Gasteiger partial charge in [-0.1, -0.05) is 12.1 Å². The normalized spacial score (nSPS) is 10.9. The summed E-state index contributed by atoms with van der Waals surface area (Å²) in [6, 6.07) is 8.39. The fraction of sp³-hybridized carbons (Fsp3) is 0.333. The number of carbonyl (C=O) groups excluding carboxylic acids is 1. The van der Waals surface area contributed by atoms with E-state index in [0.717, 1.165) is 10.9 Å². The summed E-state index contributed by atoms with van der Waals surface area (Å²) in [5, 5.41) is 8.29. The summed E-state index contributed by atoms with van der Waals surface area (Å²) >= 11 is 0. The molecule has 0 unspecified atom stereocenters. The van der Waals surface area contributed by atoms with Crippen LogP contribution in [0.3, 0.4) is 0 Å². The first kappa shape index (κ1) is 13.5. The predicted molar refractivity (Wildman–Crippen MR) is 76.7 cm³/mol. The van der Waals surface area contributed by atoms with Gasteiger partial charge in [0.15, 0.2) is 0 Å². The second-order valence-corrected chi connectivity index (χ2v) is 4.88. The highest BCUT2D eigenvalue weighted by Gasteiger charge is 2.02. The summed E-state index contributed by atoms with van der Waals surface area (Å²) in [6.45, 7) is 4.93. The molecule has 0 aliphatic rings. The number of fused-ring (bicyclic) bond motifs is 1. The summed E-state index contributed by atoms with van der Waals surface area (Å²) in [7, 11) is 0. The molecule has 0 saturated carbocycles. The Hall–Kier alpha value is -1.94. The second kappa shape index (κ2) is 6.29. The highest BCUT2D eigenvalue weighted by Crippen LogP contribution is 2.14. The standard InChI is InChI=1S/C15H19N3O/c1-11(2)18-15(19)10-17-8-12-3-4-14-9-16-6-5-13(14)7-12/h3-7,9,11,17H,8,10H2,1-2H3,(H,18,19). The van der Waals surface area contributed by atoms with Crippen molar-refractivity contribution in [3.8, 4) is 0 Å². The van der Waals surface area contributed by atoms with Gasteiger partial charge in [0.2, 0.25) is 5.91 Å². The maximum atomic E-state index is 11.5. The van der Waals surface area contributed by atoms with Gasteiger partial charge in [0, 0.05) is 30.4 Å². The average Bonchev–Trinajstić information content (AvgIpc) is 2.37. The molecule has 4 nitrogen and oxygen atoms in total. The van der Waals surface area contributed by atoms with Gasteiger partial charge in [0.25, 0.3) is 0 Å². The van der Waals surface area contributed by atoms with Gasteiger partial charge in [-0.3, -0.25) is 9.78 Å². The van der Waals surface area contributed by atoms with Crippen molar-refractivity contribution in [2.24, 2.45) is 0 Å². The smallest absolute Gasteiger partial charge is 0.234 e. The number of rotatable bonds is 5. The van der Waals surface area contributed by atoms with Crippen molar-refractivity contribution >= 4 is 16.7 Å². The first-order valence-corrected chi connectivity index (χ1v) is 6.48. The highest BCUT2D eigenvalue weighted by molar-refractivity contribution is 5.82. The summed E-state index contributed by atoms with van der Waals surface area (Å²) in [6.07, 6.45) is 3.64. The van der Waals surface area contributed by atoms with E-state index in [0.29, 0.717) is 13.1 Å². The Morgan fingerprint density at radius 3 is 2.89 bits per heavy atom. The van der Waals surface area contributed by atoms with Crippen LogP contribution >= 0.6 is 0 Å². The van der Waals surface area contributed by atoms with E-state index in [1.165, 1.54) is 5.39 Å². The molecule has 0 radical (unpaired) electrons. The number of pyridine rings is 1. The number of hydrogen-bond acceptors (Lipinski definition) is 3. The van der Waals surface area contributed by atoms with E-state index in [1.807, 2.05) is 32.2 Å². The summed E-state index contributed by atoms with van der Waals surface area (Å²) in [4.78, 5) is 15.6. The summed E-state index contributed by atoms with van der Waals surface area (Å²) < 4.78 is 0. The zero-order chi connectivity index (χ0) is 13.7.